The molecular weight excluding hydrogens is 254 g/mol. The van der Waals surface area contributed by atoms with Gasteiger partial charge in [0.2, 0.25) is 5.91 Å². The van der Waals surface area contributed by atoms with Gasteiger partial charge in [-0.15, -0.1) is 0 Å². The highest BCUT2D eigenvalue weighted by atomic mass is 16.2. The van der Waals surface area contributed by atoms with E-state index in [9.17, 15) is 9.59 Å². The third kappa shape index (κ3) is 3.87. The first kappa shape index (κ1) is 16.8. The molecule has 0 aromatic rings. The lowest BCUT2D eigenvalue weighted by Gasteiger charge is -2.40. The summed E-state index contributed by atoms with van der Waals surface area (Å²) in [6.45, 7) is 14.5. The van der Waals surface area contributed by atoms with Crippen LogP contribution in [0.3, 0.4) is 0 Å². The summed E-state index contributed by atoms with van der Waals surface area (Å²) in [5.41, 5.74) is -0.345. The number of rotatable bonds is 3. The van der Waals surface area contributed by atoms with Crippen molar-refractivity contribution in [3.05, 3.63) is 0 Å². The smallest absolute Gasteiger partial charge is 0.317 e. The number of carbonyl (C=O) groups excluding carboxylic acids is 2. The van der Waals surface area contributed by atoms with E-state index in [-0.39, 0.29) is 23.4 Å². The van der Waals surface area contributed by atoms with Gasteiger partial charge in [-0.05, 0) is 19.8 Å². The third-order valence-corrected chi connectivity index (χ3v) is 4.26. The van der Waals surface area contributed by atoms with Crippen LogP contribution in [0.2, 0.25) is 0 Å². The molecule has 1 N–H and O–H groups in total. The summed E-state index contributed by atoms with van der Waals surface area (Å²) >= 11 is 0. The summed E-state index contributed by atoms with van der Waals surface area (Å²) in [5, 5.41) is 2.89. The lowest BCUT2D eigenvalue weighted by atomic mass is 9.79. The van der Waals surface area contributed by atoms with Crippen molar-refractivity contribution in [1.29, 1.82) is 0 Å². The monoisotopic (exact) mass is 283 g/mol. The maximum Gasteiger partial charge on any atom is 0.317 e. The van der Waals surface area contributed by atoms with Crippen molar-refractivity contribution in [2.45, 2.75) is 47.6 Å². The van der Waals surface area contributed by atoms with Crippen molar-refractivity contribution in [1.82, 2.24) is 15.1 Å². The quantitative estimate of drug-likeness (QED) is 0.860. The van der Waals surface area contributed by atoms with Crippen molar-refractivity contribution in [3.63, 3.8) is 0 Å². The van der Waals surface area contributed by atoms with E-state index in [1.165, 1.54) is 0 Å². The van der Waals surface area contributed by atoms with Gasteiger partial charge in [-0.25, -0.2) is 4.79 Å². The largest absolute Gasteiger partial charge is 0.339 e. The summed E-state index contributed by atoms with van der Waals surface area (Å²) in [5.74, 6) is 0.494. The lowest BCUT2D eigenvalue weighted by Crippen LogP contribution is -2.56. The van der Waals surface area contributed by atoms with Crippen LogP contribution in [0, 0.1) is 11.3 Å². The van der Waals surface area contributed by atoms with Gasteiger partial charge in [0.1, 0.15) is 0 Å². The minimum absolute atomic E-state index is 0.0322. The summed E-state index contributed by atoms with van der Waals surface area (Å²) in [4.78, 5) is 28.1. The normalized spacial score (nSPS) is 16.8. The fourth-order valence-corrected chi connectivity index (χ4v) is 2.11. The van der Waals surface area contributed by atoms with Crippen LogP contribution in [-0.4, -0.2) is 54.0 Å². The van der Waals surface area contributed by atoms with Gasteiger partial charge in [0.25, 0.3) is 0 Å². The number of carbonyl (C=O) groups is 2. The summed E-state index contributed by atoms with van der Waals surface area (Å²) in [6.07, 6.45) is 0. The number of nitrogens with one attached hydrogen (secondary N) is 1. The summed E-state index contributed by atoms with van der Waals surface area (Å²) in [6, 6.07) is 0.109. The highest BCUT2D eigenvalue weighted by Crippen LogP contribution is 2.29. The van der Waals surface area contributed by atoms with E-state index in [1.54, 1.807) is 4.90 Å². The molecule has 1 heterocycles. The van der Waals surface area contributed by atoms with Crippen LogP contribution in [0.1, 0.15) is 41.5 Å². The van der Waals surface area contributed by atoms with Crippen LogP contribution >= 0.6 is 0 Å². The van der Waals surface area contributed by atoms with E-state index in [0.717, 1.165) is 0 Å². The Hall–Kier alpha value is -1.26. The summed E-state index contributed by atoms with van der Waals surface area (Å²) in [7, 11) is 0. The van der Waals surface area contributed by atoms with Gasteiger partial charge in [0.05, 0.1) is 0 Å². The molecule has 5 nitrogen and oxygen atoms in total. The van der Waals surface area contributed by atoms with Crippen LogP contribution < -0.4 is 5.32 Å². The molecule has 1 aliphatic heterocycles. The molecule has 1 fully saturated rings. The van der Waals surface area contributed by atoms with E-state index in [2.05, 4.69) is 19.2 Å². The Labute approximate surface area is 122 Å². The van der Waals surface area contributed by atoms with Gasteiger partial charge < -0.3 is 15.1 Å². The van der Waals surface area contributed by atoms with E-state index in [1.807, 2.05) is 32.6 Å². The Morgan fingerprint density at radius 3 is 1.80 bits per heavy atom. The molecule has 1 saturated heterocycles. The predicted molar refractivity (Wildman–Crippen MR) is 80.4 cm³/mol. The average molecular weight is 283 g/mol. The molecular formula is C15H29N3O2. The molecule has 0 unspecified atom stereocenters. The maximum atomic E-state index is 12.5. The van der Waals surface area contributed by atoms with Crippen molar-refractivity contribution in [2.24, 2.45) is 11.3 Å². The zero-order valence-corrected chi connectivity index (χ0v) is 13.7. The molecule has 116 valence electrons. The van der Waals surface area contributed by atoms with Gasteiger partial charge >= 0.3 is 6.03 Å². The molecule has 1 aliphatic rings. The number of amides is 3. The van der Waals surface area contributed by atoms with Gasteiger partial charge in [0.15, 0.2) is 0 Å². The molecule has 0 aromatic heterocycles. The van der Waals surface area contributed by atoms with Gasteiger partial charge in [-0.1, -0.05) is 27.7 Å². The van der Waals surface area contributed by atoms with E-state index < -0.39 is 0 Å². The average Bonchev–Trinajstić information content (AvgIpc) is 2.37. The minimum atomic E-state index is -0.345. The molecule has 1 rings (SSSR count). The Bertz CT molecular complexity index is 356. The Morgan fingerprint density at radius 1 is 0.950 bits per heavy atom. The molecule has 3 amide bonds. The molecule has 20 heavy (non-hydrogen) atoms. The Kier molecular flexibility index (Phi) is 5.42. The molecule has 5 heteroatoms. The zero-order valence-electron chi connectivity index (χ0n) is 13.7. The van der Waals surface area contributed by atoms with Gasteiger partial charge in [-0.2, -0.15) is 0 Å². The van der Waals surface area contributed by atoms with Crippen LogP contribution in [0.4, 0.5) is 4.79 Å². The maximum absolute atomic E-state index is 12.5. The number of hydrogen-bond donors (Lipinski definition) is 1. The summed E-state index contributed by atoms with van der Waals surface area (Å²) < 4.78 is 0. The van der Waals surface area contributed by atoms with E-state index >= 15 is 0 Å². The lowest BCUT2D eigenvalue weighted by molar-refractivity contribution is -0.144. The van der Waals surface area contributed by atoms with Gasteiger partial charge in [0, 0.05) is 37.6 Å². The molecule has 0 atom stereocenters. The Balaban J connectivity index is 2.54. The van der Waals surface area contributed by atoms with Crippen molar-refractivity contribution >= 4 is 11.9 Å². The Morgan fingerprint density at radius 2 is 1.40 bits per heavy atom. The van der Waals surface area contributed by atoms with E-state index in [4.69, 9.17) is 0 Å². The number of hydrogen-bond acceptors (Lipinski definition) is 2. The van der Waals surface area contributed by atoms with Crippen LogP contribution in [0.25, 0.3) is 0 Å². The van der Waals surface area contributed by atoms with Crippen molar-refractivity contribution in [2.75, 3.05) is 26.2 Å². The van der Waals surface area contributed by atoms with E-state index in [0.29, 0.717) is 32.1 Å². The van der Waals surface area contributed by atoms with Gasteiger partial charge in [-0.3, -0.25) is 4.79 Å². The second kappa shape index (κ2) is 6.46. The number of urea groups is 1. The SMILES string of the molecule is CC(C)NC(=O)N1CCN(C(=O)C(C)(C)C(C)C)CC1. The third-order valence-electron chi connectivity index (χ3n) is 4.26. The molecule has 0 spiro atoms. The molecule has 0 aliphatic carbocycles. The molecule has 0 saturated carbocycles. The zero-order chi connectivity index (χ0) is 15.5. The first-order valence-electron chi connectivity index (χ1n) is 7.51. The highest BCUT2D eigenvalue weighted by Gasteiger charge is 2.36. The predicted octanol–water partition coefficient (Wildman–Crippen LogP) is 1.93. The van der Waals surface area contributed by atoms with Crippen LogP contribution in [0.15, 0.2) is 0 Å². The van der Waals surface area contributed by atoms with Crippen LogP contribution in [0.5, 0.6) is 0 Å². The second-order valence-electron chi connectivity index (χ2n) is 6.76. The minimum Gasteiger partial charge on any atom is -0.339 e. The van der Waals surface area contributed by atoms with Crippen molar-refractivity contribution < 1.29 is 9.59 Å². The number of piperazine rings is 1. The fourth-order valence-electron chi connectivity index (χ4n) is 2.11. The number of nitrogens with zero attached hydrogens (tertiary/aromatic N) is 2. The first-order chi connectivity index (χ1) is 9.16. The molecule has 0 radical (unpaired) electrons. The second-order valence-corrected chi connectivity index (χ2v) is 6.76. The van der Waals surface area contributed by atoms with Crippen molar-refractivity contribution in [3.8, 4) is 0 Å². The standard InChI is InChI=1S/C15H29N3O2/c1-11(2)15(5,6)13(19)17-7-9-18(10-8-17)14(20)16-12(3)4/h11-12H,7-10H2,1-6H3,(H,16,20). The van der Waals surface area contributed by atoms with Crippen LogP contribution in [-0.2, 0) is 4.79 Å². The molecule has 0 bridgehead atoms. The fraction of sp³-hybridized carbons (Fsp3) is 0.867. The molecule has 0 aromatic carbocycles. The highest BCUT2D eigenvalue weighted by molar-refractivity contribution is 5.82. The topological polar surface area (TPSA) is 52.7 Å². The first-order valence-corrected chi connectivity index (χ1v) is 7.51.